The molecule has 0 fully saturated rings. The second-order valence-corrected chi connectivity index (χ2v) is 6.21. The van der Waals surface area contributed by atoms with Gasteiger partial charge in [-0.1, -0.05) is 6.07 Å². The number of aryl methyl sites for hydroxylation is 1. The quantitative estimate of drug-likeness (QED) is 0.747. The molecule has 134 valence electrons. The number of benzene rings is 1. The van der Waals surface area contributed by atoms with Gasteiger partial charge in [0.15, 0.2) is 0 Å². The van der Waals surface area contributed by atoms with E-state index in [4.69, 9.17) is 0 Å². The molecule has 0 unspecified atom stereocenters. The lowest BCUT2D eigenvalue weighted by Crippen LogP contribution is -2.29. The maximum atomic E-state index is 12.2. The number of carbonyl (C=O) groups is 1. The van der Waals surface area contributed by atoms with E-state index < -0.39 is 0 Å². The van der Waals surface area contributed by atoms with E-state index in [-0.39, 0.29) is 5.91 Å². The Morgan fingerprint density at radius 1 is 1.04 bits per heavy atom. The van der Waals surface area contributed by atoms with Gasteiger partial charge >= 0.3 is 0 Å². The van der Waals surface area contributed by atoms with Crippen molar-refractivity contribution in [1.29, 1.82) is 0 Å². The van der Waals surface area contributed by atoms with Gasteiger partial charge in [-0.3, -0.25) is 4.79 Å². The Hall–Kier alpha value is -2.83. The van der Waals surface area contributed by atoms with Crippen LogP contribution in [0, 0.1) is 6.92 Å². The molecule has 0 spiro atoms. The number of rotatable bonds is 7. The molecular weight excluding hydrogens is 316 g/mol. The monoisotopic (exact) mass is 342 g/mol. The van der Waals surface area contributed by atoms with Crippen LogP contribution in [0.2, 0.25) is 0 Å². The summed E-state index contributed by atoms with van der Waals surface area (Å²) in [6.45, 7) is 2.97. The van der Waals surface area contributed by atoms with Crippen LogP contribution < -0.4 is 20.4 Å². The number of aromatic nitrogens is 2. The van der Waals surface area contributed by atoms with Crippen LogP contribution in [0.15, 0.2) is 30.3 Å². The van der Waals surface area contributed by atoms with Crippen LogP contribution in [0.1, 0.15) is 16.1 Å². The largest absolute Gasteiger partial charge is 0.378 e. The molecule has 0 atom stereocenters. The first-order chi connectivity index (χ1) is 11.9. The van der Waals surface area contributed by atoms with Crippen molar-refractivity contribution in [3.8, 4) is 0 Å². The summed E-state index contributed by atoms with van der Waals surface area (Å²) < 4.78 is 0. The molecule has 0 saturated carbocycles. The average molecular weight is 342 g/mol. The Kier molecular flexibility index (Phi) is 6.16. The van der Waals surface area contributed by atoms with Crippen LogP contribution in [-0.2, 0) is 0 Å². The van der Waals surface area contributed by atoms with E-state index in [2.05, 4.69) is 20.6 Å². The SMILES string of the molecule is Cc1cc(N(C)C)nc(NCCNC(=O)c2cccc(N(C)C)c2)n1. The molecule has 2 N–H and O–H groups in total. The van der Waals surface area contributed by atoms with Crippen molar-refractivity contribution in [2.24, 2.45) is 0 Å². The molecule has 0 saturated heterocycles. The molecule has 25 heavy (non-hydrogen) atoms. The van der Waals surface area contributed by atoms with Gasteiger partial charge < -0.3 is 20.4 Å². The van der Waals surface area contributed by atoms with E-state index in [0.717, 1.165) is 17.2 Å². The molecule has 1 aromatic carbocycles. The lowest BCUT2D eigenvalue weighted by Gasteiger charge is -2.14. The molecule has 2 rings (SSSR count). The van der Waals surface area contributed by atoms with Gasteiger partial charge in [0.1, 0.15) is 5.82 Å². The second-order valence-electron chi connectivity index (χ2n) is 6.21. The fraction of sp³-hybridized carbons (Fsp3) is 0.389. The Morgan fingerprint density at radius 2 is 1.80 bits per heavy atom. The van der Waals surface area contributed by atoms with Crippen LogP contribution in [0.3, 0.4) is 0 Å². The second kappa shape index (κ2) is 8.32. The minimum Gasteiger partial charge on any atom is -0.378 e. The first-order valence-electron chi connectivity index (χ1n) is 8.19. The number of amides is 1. The smallest absolute Gasteiger partial charge is 0.251 e. The Bertz CT molecular complexity index is 729. The van der Waals surface area contributed by atoms with Gasteiger partial charge in [0.2, 0.25) is 5.95 Å². The molecular formula is C18H26N6O. The number of carbonyl (C=O) groups excluding carboxylic acids is 1. The minimum atomic E-state index is -0.0929. The Labute approximate surface area is 149 Å². The average Bonchev–Trinajstić information content (AvgIpc) is 2.58. The third-order valence-electron chi connectivity index (χ3n) is 3.62. The van der Waals surface area contributed by atoms with Gasteiger partial charge in [-0.15, -0.1) is 0 Å². The van der Waals surface area contributed by atoms with Crippen LogP contribution in [0.5, 0.6) is 0 Å². The third-order valence-corrected chi connectivity index (χ3v) is 3.62. The molecule has 0 radical (unpaired) electrons. The molecule has 1 amide bonds. The topological polar surface area (TPSA) is 73.4 Å². The first kappa shape index (κ1) is 18.5. The Balaban J connectivity index is 1.87. The molecule has 0 aliphatic heterocycles. The lowest BCUT2D eigenvalue weighted by atomic mass is 10.2. The maximum Gasteiger partial charge on any atom is 0.251 e. The molecule has 0 bridgehead atoms. The van der Waals surface area contributed by atoms with E-state index in [1.165, 1.54) is 0 Å². The first-order valence-corrected chi connectivity index (χ1v) is 8.19. The van der Waals surface area contributed by atoms with Gasteiger partial charge in [0.05, 0.1) is 0 Å². The third kappa shape index (κ3) is 5.34. The fourth-order valence-electron chi connectivity index (χ4n) is 2.24. The van der Waals surface area contributed by atoms with Crippen molar-refractivity contribution in [1.82, 2.24) is 15.3 Å². The van der Waals surface area contributed by atoms with Crippen molar-refractivity contribution in [2.75, 3.05) is 56.4 Å². The summed E-state index contributed by atoms with van der Waals surface area (Å²) in [5, 5.41) is 6.05. The van der Waals surface area contributed by atoms with E-state index in [1.54, 1.807) is 0 Å². The number of hydrogen-bond donors (Lipinski definition) is 2. The highest BCUT2D eigenvalue weighted by atomic mass is 16.1. The Morgan fingerprint density at radius 3 is 2.48 bits per heavy atom. The number of anilines is 3. The van der Waals surface area contributed by atoms with Gasteiger partial charge in [0.25, 0.3) is 5.91 Å². The summed E-state index contributed by atoms with van der Waals surface area (Å²) in [5.41, 5.74) is 2.54. The van der Waals surface area contributed by atoms with E-state index >= 15 is 0 Å². The standard InChI is InChI=1S/C18H26N6O/c1-13-11-16(24(4)5)22-18(21-13)20-10-9-19-17(25)14-7-6-8-15(12-14)23(2)3/h6-8,11-12H,9-10H2,1-5H3,(H,19,25)(H,20,21,22). The molecule has 2 aromatic rings. The molecule has 1 heterocycles. The van der Waals surface area contributed by atoms with Crippen molar-refractivity contribution < 1.29 is 4.79 Å². The van der Waals surface area contributed by atoms with Gasteiger partial charge in [0, 0.05) is 64.3 Å². The molecule has 0 aliphatic rings. The molecule has 7 nitrogen and oxygen atoms in total. The van der Waals surface area contributed by atoms with Crippen LogP contribution in [0.4, 0.5) is 17.5 Å². The molecule has 0 aliphatic carbocycles. The molecule has 1 aromatic heterocycles. The normalized spacial score (nSPS) is 10.3. The van der Waals surface area contributed by atoms with Crippen LogP contribution in [-0.4, -0.2) is 57.2 Å². The zero-order valence-corrected chi connectivity index (χ0v) is 15.5. The van der Waals surface area contributed by atoms with Gasteiger partial charge in [-0.2, -0.15) is 4.98 Å². The summed E-state index contributed by atoms with van der Waals surface area (Å²) >= 11 is 0. The number of nitrogens with one attached hydrogen (secondary N) is 2. The van der Waals surface area contributed by atoms with Gasteiger partial charge in [-0.25, -0.2) is 4.98 Å². The summed E-state index contributed by atoms with van der Waals surface area (Å²) in [4.78, 5) is 24.9. The number of hydrogen-bond acceptors (Lipinski definition) is 6. The minimum absolute atomic E-state index is 0.0929. The summed E-state index contributed by atoms with van der Waals surface area (Å²) in [6, 6.07) is 9.45. The predicted octanol–water partition coefficient (Wildman–Crippen LogP) is 1.76. The van der Waals surface area contributed by atoms with Crippen molar-refractivity contribution in [3.63, 3.8) is 0 Å². The summed E-state index contributed by atoms with van der Waals surface area (Å²) in [5.74, 6) is 1.32. The van der Waals surface area contributed by atoms with E-state index in [0.29, 0.717) is 24.6 Å². The zero-order chi connectivity index (χ0) is 18.4. The summed E-state index contributed by atoms with van der Waals surface area (Å²) in [6.07, 6.45) is 0. The maximum absolute atomic E-state index is 12.2. The van der Waals surface area contributed by atoms with Crippen molar-refractivity contribution in [3.05, 3.63) is 41.6 Å². The van der Waals surface area contributed by atoms with Crippen LogP contribution >= 0.6 is 0 Å². The van der Waals surface area contributed by atoms with Crippen molar-refractivity contribution in [2.45, 2.75) is 6.92 Å². The molecule has 7 heteroatoms. The van der Waals surface area contributed by atoms with Crippen molar-refractivity contribution >= 4 is 23.4 Å². The fourth-order valence-corrected chi connectivity index (χ4v) is 2.24. The van der Waals surface area contributed by atoms with Gasteiger partial charge in [-0.05, 0) is 25.1 Å². The lowest BCUT2D eigenvalue weighted by molar-refractivity contribution is 0.0955. The van der Waals surface area contributed by atoms with E-state index in [9.17, 15) is 4.79 Å². The highest BCUT2D eigenvalue weighted by Crippen LogP contribution is 2.13. The highest BCUT2D eigenvalue weighted by Gasteiger charge is 2.07. The highest BCUT2D eigenvalue weighted by molar-refractivity contribution is 5.95. The van der Waals surface area contributed by atoms with E-state index in [1.807, 2.05) is 75.2 Å². The number of nitrogens with zero attached hydrogens (tertiary/aromatic N) is 4. The summed E-state index contributed by atoms with van der Waals surface area (Å²) in [7, 11) is 7.77. The van der Waals surface area contributed by atoms with Crippen LogP contribution in [0.25, 0.3) is 0 Å². The predicted molar refractivity (Wildman–Crippen MR) is 103 cm³/mol. The zero-order valence-electron chi connectivity index (χ0n) is 15.5.